The number of hydrogen-bond donors (Lipinski definition) is 0. The summed E-state index contributed by atoms with van der Waals surface area (Å²) in [6.07, 6.45) is 1.93. The fourth-order valence-corrected chi connectivity index (χ4v) is 5.08. The molecule has 0 radical (unpaired) electrons. The van der Waals surface area contributed by atoms with Crippen LogP contribution in [0.25, 0.3) is 6.08 Å². The number of nitrogens with zero attached hydrogens (tertiary/aromatic N) is 1. The number of ketones is 1. The van der Waals surface area contributed by atoms with Gasteiger partial charge in [0.15, 0.2) is 5.78 Å². The van der Waals surface area contributed by atoms with Gasteiger partial charge in [-0.1, -0.05) is 84.6 Å². The Balaban J connectivity index is 1.69. The van der Waals surface area contributed by atoms with Gasteiger partial charge in [-0.3, -0.25) is 9.59 Å². The predicted octanol–water partition coefficient (Wildman–Crippen LogP) is 5.31. The van der Waals surface area contributed by atoms with Crippen LogP contribution in [0, 0.1) is 0 Å². The standard InChI is InChI=1S/C24H17NO2S/c26-22-18-11-5-4-10-17(18)15-25-23(27)19-12-6-7-13-20(19)24(25)28-21(22)14-16-8-2-1-3-9-16/h1-14,24H,15H2/b21-14-/t24-/m1/s1. The first-order valence-electron chi connectivity index (χ1n) is 9.18. The molecule has 0 N–H and O–H groups in total. The molecule has 28 heavy (non-hydrogen) atoms. The number of carbonyl (C=O) groups is 2. The maximum Gasteiger partial charge on any atom is 0.255 e. The molecule has 2 aliphatic rings. The number of benzene rings is 3. The second-order valence-corrected chi connectivity index (χ2v) is 8.02. The molecule has 5 rings (SSSR count). The Morgan fingerprint density at radius 2 is 1.50 bits per heavy atom. The van der Waals surface area contributed by atoms with Crippen molar-refractivity contribution in [3.63, 3.8) is 0 Å². The van der Waals surface area contributed by atoms with Gasteiger partial charge < -0.3 is 4.90 Å². The molecule has 136 valence electrons. The Morgan fingerprint density at radius 1 is 0.821 bits per heavy atom. The molecule has 1 atom stereocenters. The van der Waals surface area contributed by atoms with Crippen LogP contribution in [0.15, 0.2) is 83.8 Å². The first-order valence-corrected chi connectivity index (χ1v) is 10.1. The largest absolute Gasteiger partial charge is 0.318 e. The fourth-order valence-electron chi connectivity index (χ4n) is 3.79. The van der Waals surface area contributed by atoms with Crippen LogP contribution in [0.3, 0.4) is 0 Å². The van der Waals surface area contributed by atoms with Gasteiger partial charge in [0.1, 0.15) is 5.37 Å². The molecule has 0 fully saturated rings. The van der Waals surface area contributed by atoms with Gasteiger partial charge in [-0.15, -0.1) is 0 Å². The third-order valence-corrected chi connectivity index (χ3v) is 6.45. The average molecular weight is 383 g/mol. The van der Waals surface area contributed by atoms with Crippen molar-refractivity contribution in [2.75, 3.05) is 0 Å². The zero-order valence-corrected chi connectivity index (χ0v) is 15.9. The van der Waals surface area contributed by atoms with Gasteiger partial charge in [0.25, 0.3) is 5.91 Å². The summed E-state index contributed by atoms with van der Waals surface area (Å²) in [5.41, 5.74) is 4.23. The first-order chi connectivity index (χ1) is 13.7. The molecule has 0 spiro atoms. The van der Waals surface area contributed by atoms with Gasteiger partial charge in [0, 0.05) is 17.7 Å². The molecule has 0 aromatic heterocycles. The van der Waals surface area contributed by atoms with Crippen molar-refractivity contribution in [2.45, 2.75) is 11.9 Å². The Hall–Kier alpha value is -3.11. The van der Waals surface area contributed by atoms with Crippen LogP contribution in [0.4, 0.5) is 0 Å². The van der Waals surface area contributed by atoms with Crippen LogP contribution in [-0.2, 0) is 6.54 Å². The molecule has 3 aromatic carbocycles. The lowest BCUT2D eigenvalue weighted by molar-refractivity contribution is 0.0758. The molecule has 3 aromatic rings. The molecule has 1 amide bonds. The van der Waals surface area contributed by atoms with Gasteiger partial charge in [-0.25, -0.2) is 0 Å². The number of Topliss-reactive ketones (excluding diaryl/α,β-unsaturated/α-hetero) is 1. The number of fused-ring (bicyclic) bond motifs is 4. The van der Waals surface area contributed by atoms with E-state index in [0.29, 0.717) is 17.0 Å². The number of rotatable bonds is 1. The minimum absolute atomic E-state index is 0.0148. The smallest absolute Gasteiger partial charge is 0.255 e. The molecule has 4 heteroatoms. The van der Waals surface area contributed by atoms with E-state index in [1.54, 1.807) is 0 Å². The second kappa shape index (κ2) is 6.80. The summed E-state index contributed by atoms with van der Waals surface area (Å²) in [4.78, 5) is 29.0. The summed E-state index contributed by atoms with van der Waals surface area (Å²) in [5, 5.41) is -0.198. The van der Waals surface area contributed by atoms with Gasteiger partial charge in [0.05, 0.1) is 4.91 Å². The van der Waals surface area contributed by atoms with Crippen molar-refractivity contribution in [1.29, 1.82) is 0 Å². The molecule has 0 bridgehead atoms. The quantitative estimate of drug-likeness (QED) is 0.534. The normalized spacial score (nSPS) is 19.6. The zero-order valence-electron chi connectivity index (χ0n) is 15.0. The van der Waals surface area contributed by atoms with Crippen LogP contribution in [0.5, 0.6) is 0 Å². The first kappa shape index (κ1) is 17.0. The molecule has 3 nitrogen and oxygen atoms in total. The van der Waals surface area contributed by atoms with E-state index in [0.717, 1.165) is 22.3 Å². The van der Waals surface area contributed by atoms with E-state index < -0.39 is 0 Å². The Labute approximate surface area is 167 Å². The summed E-state index contributed by atoms with van der Waals surface area (Å²) in [7, 11) is 0. The lowest BCUT2D eigenvalue weighted by Gasteiger charge is -2.29. The Bertz CT molecular complexity index is 1120. The van der Waals surface area contributed by atoms with Crippen molar-refractivity contribution in [2.24, 2.45) is 0 Å². The van der Waals surface area contributed by atoms with Gasteiger partial charge in [-0.2, -0.15) is 0 Å². The summed E-state index contributed by atoms with van der Waals surface area (Å²) < 4.78 is 0. The maximum absolute atomic E-state index is 13.4. The number of amides is 1. The van der Waals surface area contributed by atoms with E-state index in [4.69, 9.17) is 0 Å². The summed E-state index contributed by atoms with van der Waals surface area (Å²) >= 11 is 1.47. The van der Waals surface area contributed by atoms with E-state index in [2.05, 4.69) is 0 Å². The zero-order chi connectivity index (χ0) is 19.1. The highest BCUT2D eigenvalue weighted by molar-refractivity contribution is 8.04. The highest BCUT2D eigenvalue weighted by Gasteiger charge is 2.40. The maximum atomic E-state index is 13.4. The average Bonchev–Trinajstić information content (AvgIpc) is 2.99. The number of thioether (sulfide) groups is 1. The topological polar surface area (TPSA) is 37.4 Å². The van der Waals surface area contributed by atoms with Gasteiger partial charge in [-0.05, 0) is 28.8 Å². The van der Waals surface area contributed by atoms with Crippen LogP contribution in [0.2, 0.25) is 0 Å². The van der Waals surface area contributed by atoms with Crippen molar-refractivity contribution < 1.29 is 9.59 Å². The van der Waals surface area contributed by atoms with E-state index in [1.165, 1.54) is 11.8 Å². The van der Waals surface area contributed by atoms with E-state index in [1.807, 2.05) is 89.8 Å². The van der Waals surface area contributed by atoms with Gasteiger partial charge >= 0.3 is 0 Å². The lowest BCUT2D eigenvalue weighted by atomic mass is 10.0. The summed E-state index contributed by atoms with van der Waals surface area (Å²) in [5.74, 6) is 0.0391. The van der Waals surface area contributed by atoms with Crippen molar-refractivity contribution >= 4 is 29.5 Å². The molecule has 2 heterocycles. The van der Waals surface area contributed by atoms with Crippen LogP contribution < -0.4 is 0 Å². The predicted molar refractivity (Wildman–Crippen MR) is 112 cm³/mol. The molecule has 0 unspecified atom stereocenters. The summed E-state index contributed by atoms with van der Waals surface area (Å²) in [6.45, 7) is 0.436. The molecular formula is C24H17NO2S. The van der Waals surface area contributed by atoms with Crippen LogP contribution in [0.1, 0.15) is 42.8 Å². The highest BCUT2D eigenvalue weighted by atomic mass is 32.2. The molecule has 0 saturated heterocycles. The van der Waals surface area contributed by atoms with Crippen LogP contribution >= 0.6 is 11.8 Å². The van der Waals surface area contributed by atoms with Crippen molar-refractivity contribution in [3.8, 4) is 0 Å². The van der Waals surface area contributed by atoms with E-state index in [-0.39, 0.29) is 17.1 Å². The third-order valence-electron chi connectivity index (χ3n) is 5.16. The van der Waals surface area contributed by atoms with E-state index >= 15 is 0 Å². The number of carbonyl (C=O) groups excluding carboxylic acids is 2. The molecular weight excluding hydrogens is 366 g/mol. The Morgan fingerprint density at radius 3 is 2.32 bits per heavy atom. The minimum Gasteiger partial charge on any atom is -0.318 e. The number of hydrogen-bond acceptors (Lipinski definition) is 3. The second-order valence-electron chi connectivity index (χ2n) is 6.90. The Kier molecular flexibility index (Phi) is 4.14. The fraction of sp³-hybridized carbons (Fsp3) is 0.0833. The van der Waals surface area contributed by atoms with Crippen LogP contribution in [-0.4, -0.2) is 16.6 Å². The monoisotopic (exact) mass is 383 g/mol. The lowest BCUT2D eigenvalue weighted by Crippen LogP contribution is -2.29. The summed E-state index contributed by atoms with van der Waals surface area (Å²) in [6, 6.07) is 25.1. The third kappa shape index (κ3) is 2.77. The minimum atomic E-state index is -0.198. The van der Waals surface area contributed by atoms with Crippen molar-refractivity contribution in [3.05, 3.63) is 112 Å². The molecule has 0 saturated carbocycles. The molecule has 0 aliphatic carbocycles. The van der Waals surface area contributed by atoms with E-state index in [9.17, 15) is 9.59 Å². The van der Waals surface area contributed by atoms with Crippen molar-refractivity contribution in [1.82, 2.24) is 4.90 Å². The molecule has 2 aliphatic heterocycles. The van der Waals surface area contributed by atoms with Gasteiger partial charge in [0.2, 0.25) is 0 Å². The highest BCUT2D eigenvalue weighted by Crippen LogP contribution is 2.47. The SMILES string of the molecule is O=C1/C(=C/c2ccccc2)S[C@@H]2c3ccccc3C(=O)N2Cc2ccccc21. The number of allylic oxidation sites excluding steroid dienone is 1.